The average Bonchev–Trinajstić information content (AvgIpc) is 3.14. The van der Waals surface area contributed by atoms with E-state index >= 15 is 0 Å². The fourth-order valence-electron chi connectivity index (χ4n) is 4.42. The molecule has 0 aromatic heterocycles. The topological polar surface area (TPSA) is 66.9 Å². The van der Waals surface area contributed by atoms with E-state index in [1.165, 1.54) is 0 Å². The molecule has 2 aliphatic heterocycles. The highest BCUT2D eigenvalue weighted by Crippen LogP contribution is 2.23. The number of rotatable bonds is 6. The van der Waals surface area contributed by atoms with Gasteiger partial charge in [0.15, 0.2) is 0 Å². The second kappa shape index (κ2) is 10.5. The Bertz CT molecular complexity index is 976. The number of carbonyl (C=O) groups excluding carboxylic acids is 1. The molecule has 0 saturated carbocycles. The van der Waals surface area contributed by atoms with Gasteiger partial charge in [-0.25, -0.2) is 8.42 Å². The van der Waals surface area contributed by atoms with Gasteiger partial charge >= 0.3 is 0 Å². The molecule has 4 rings (SSSR count). The van der Waals surface area contributed by atoms with E-state index in [4.69, 9.17) is 4.74 Å². The number of nitrogens with zero attached hydrogens (tertiary/aromatic N) is 2. The second-order valence-electron chi connectivity index (χ2n) is 8.70. The van der Waals surface area contributed by atoms with Crippen LogP contribution in [0.1, 0.15) is 48.9 Å². The summed E-state index contributed by atoms with van der Waals surface area (Å²) in [5.41, 5.74) is 0.541. The molecule has 1 amide bonds. The number of hydrogen-bond acceptors (Lipinski definition) is 4. The first-order valence-electron chi connectivity index (χ1n) is 11.6. The Morgan fingerprint density at radius 3 is 2.09 bits per heavy atom. The smallest absolute Gasteiger partial charge is 0.253 e. The van der Waals surface area contributed by atoms with Crippen molar-refractivity contribution in [2.75, 3.05) is 32.8 Å². The Morgan fingerprint density at radius 2 is 1.47 bits per heavy atom. The third-order valence-electron chi connectivity index (χ3n) is 6.43. The van der Waals surface area contributed by atoms with E-state index in [2.05, 4.69) is 0 Å². The van der Waals surface area contributed by atoms with Gasteiger partial charge < -0.3 is 9.64 Å². The van der Waals surface area contributed by atoms with Crippen LogP contribution >= 0.6 is 0 Å². The largest absolute Gasteiger partial charge is 0.493 e. The molecule has 0 atom stereocenters. The summed E-state index contributed by atoms with van der Waals surface area (Å²) < 4.78 is 33.3. The number of likely N-dealkylation sites (tertiary alicyclic amines) is 1. The van der Waals surface area contributed by atoms with Crippen LogP contribution in [0.25, 0.3) is 0 Å². The lowest BCUT2D eigenvalue weighted by molar-refractivity contribution is 0.0661. The Morgan fingerprint density at radius 1 is 0.844 bits per heavy atom. The molecule has 7 heteroatoms. The van der Waals surface area contributed by atoms with Crippen LogP contribution in [0.15, 0.2) is 59.5 Å². The van der Waals surface area contributed by atoms with Gasteiger partial charge in [0.1, 0.15) is 5.75 Å². The zero-order chi connectivity index (χ0) is 22.4. The van der Waals surface area contributed by atoms with Crippen LogP contribution in [0.3, 0.4) is 0 Å². The van der Waals surface area contributed by atoms with Crippen molar-refractivity contribution in [3.05, 3.63) is 60.2 Å². The van der Waals surface area contributed by atoms with Crippen LogP contribution in [-0.4, -0.2) is 56.3 Å². The third-order valence-corrected chi connectivity index (χ3v) is 8.35. The lowest BCUT2D eigenvalue weighted by Crippen LogP contribution is -2.39. The normalized spacial score (nSPS) is 18.8. The van der Waals surface area contributed by atoms with Crippen LogP contribution < -0.4 is 4.74 Å². The van der Waals surface area contributed by atoms with Gasteiger partial charge in [0.2, 0.25) is 10.0 Å². The summed E-state index contributed by atoms with van der Waals surface area (Å²) in [6, 6.07) is 16.2. The predicted molar refractivity (Wildman–Crippen MR) is 124 cm³/mol. The van der Waals surface area contributed by atoms with Crippen LogP contribution in [0, 0.1) is 5.92 Å². The minimum Gasteiger partial charge on any atom is -0.493 e. The van der Waals surface area contributed by atoms with Crippen molar-refractivity contribution in [3.8, 4) is 5.75 Å². The summed E-state index contributed by atoms with van der Waals surface area (Å²) in [4.78, 5) is 15.1. The van der Waals surface area contributed by atoms with Crippen molar-refractivity contribution in [2.24, 2.45) is 5.92 Å². The standard InChI is InChI=1S/C25H32N2O4S/c28-25(26-18-14-21(15-19-26)20-31-23-8-4-3-5-9-23)22-10-12-24(13-11-22)32(29,30)27-16-6-1-2-7-17-27/h3-5,8-13,21H,1-2,6-7,14-20H2. The number of benzene rings is 2. The number of para-hydroxylation sites is 1. The van der Waals surface area contributed by atoms with Crippen molar-refractivity contribution < 1.29 is 17.9 Å². The SMILES string of the molecule is O=C(c1ccc(S(=O)(=O)N2CCCCCC2)cc1)N1CCC(COc2ccccc2)CC1. The fourth-order valence-corrected chi connectivity index (χ4v) is 5.93. The number of amides is 1. The molecule has 0 N–H and O–H groups in total. The molecule has 6 nitrogen and oxygen atoms in total. The molecule has 0 aliphatic carbocycles. The highest BCUT2D eigenvalue weighted by atomic mass is 32.2. The molecule has 32 heavy (non-hydrogen) atoms. The van der Waals surface area contributed by atoms with Gasteiger partial charge in [0, 0.05) is 31.7 Å². The molecule has 2 aromatic carbocycles. The van der Waals surface area contributed by atoms with Gasteiger partial charge in [-0.2, -0.15) is 4.31 Å². The Balaban J connectivity index is 1.31. The van der Waals surface area contributed by atoms with E-state index in [1.807, 2.05) is 35.2 Å². The maximum absolute atomic E-state index is 12.9. The minimum absolute atomic E-state index is 0.0360. The first-order chi connectivity index (χ1) is 15.5. The molecule has 2 aliphatic rings. The molecule has 0 bridgehead atoms. The van der Waals surface area contributed by atoms with Crippen molar-refractivity contribution in [1.29, 1.82) is 0 Å². The molecule has 2 fully saturated rings. The molecular formula is C25H32N2O4S. The molecule has 0 unspecified atom stereocenters. The van der Waals surface area contributed by atoms with Crippen LogP contribution in [0.5, 0.6) is 5.75 Å². The number of carbonyl (C=O) groups is 1. The van der Waals surface area contributed by atoms with E-state index in [9.17, 15) is 13.2 Å². The van der Waals surface area contributed by atoms with Crippen molar-refractivity contribution in [2.45, 2.75) is 43.4 Å². The number of ether oxygens (including phenoxy) is 1. The molecule has 172 valence electrons. The maximum atomic E-state index is 12.9. The van der Waals surface area contributed by atoms with Crippen molar-refractivity contribution in [1.82, 2.24) is 9.21 Å². The molecule has 2 saturated heterocycles. The Labute approximate surface area is 191 Å². The summed E-state index contributed by atoms with van der Waals surface area (Å²) >= 11 is 0. The summed E-state index contributed by atoms with van der Waals surface area (Å²) in [6.07, 6.45) is 5.77. The van der Waals surface area contributed by atoms with Gasteiger partial charge in [0.05, 0.1) is 11.5 Å². The minimum atomic E-state index is -3.49. The van der Waals surface area contributed by atoms with Crippen molar-refractivity contribution in [3.63, 3.8) is 0 Å². The average molecular weight is 457 g/mol. The zero-order valence-electron chi connectivity index (χ0n) is 18.5. The van der Waals surface area contributed by atoms with Crippen LogP contribution in [-0.2, 0) is 10.0 Å². The van der Waals surface area contributed by atoms with Gasteiger partial charge in [-0.15, -0.1) is 0 Å². The van der Waals surface area contributed by atoms with E-state index in [0.29, 0.717) is 44.3 Å². The third kappa shape index (κ3) is 5.51. The lowest BCUT2D eigenvalue weighted by Gasteiger charge is -2.32. The number of sulfonamides is 1. The number of hydrogen-bond donors (Lipinski definition) is 0. The summed E-state index contributed by atoms with van der Waals surface area (Å²) in [5, 5.41) is 0. The zero-order valence-corrected chi connectivity index (χ0v) is 19.3. The first-order valence-corrected chi connectivity index (χ1v) is 13.1. The van der Waals surface area contributed by atoms with Gasteiger partial charge in [0.25, 0.3) is 5.91 Å². The van der Waals surface area contributed by atoms with Gasteiger partial charge in [-0.05, 0) is 68.0 Å². The summed E-state index contributed by atoms with van der Waals surface area (Å²) in [6.45, 7) is 3.19. The lowest BCUT2D eigenvalue weighted by atomic mass is 9.97. The second-order valence-corrected chi connectivity index (χ2v) is 10.6. The highest BCUT2D eigenvalue weighted by molar-refractivity contribution is 7.89. The molecule has 0 spiro atoms. The molecule has 0 radical (unpaired) electrons. The number of piperidine rings is 1. The van der Waals surface area contributed by atoms with E-state index < -0.39 is 10.0 Å². The molecule has 2 heterocycles. The fraction of sp³-hybridized carbons (Fsp3) is 0.480. The predicted octanol–water partition coefficient (Wildman–Crippen LogP) is 4.18. The quantitative estimate of drug-likeness (QED) is 0.654. The maximum Gasteiger partial charge on any atom is 0.253 e. The first kappa shape index (κ1) is 22.8. The molecule has 2 aromatic rings. The van der Waals surface area contributed by atoms with Crippen molar-refractivity contribution >= 4 is 15.9 Å². The summed E-state index contributed by atoms with van der Waals surface area (Å²) in [7, 11) is -3.49. The molecular weight excluding hydrogens is 424 g/mol. The van der Waals surface area contributed by atoms with E-state index in [0.717, 1.165) is 44.3 Å². The van der Waals surface area contributed by atoms with Crippen LogP contribution in [0.2, 0.25) is 0 Å². The Kier molecular flexibility index (Phi) is 7.48. The van der Waals surface area contributed by atoms with E-state index in [1.54, 1.807) is 28.6 Å². The van der Waals surface area contributed by atoms with Gasteiger partial charge in [-0.3, -0.25) is 4.79 Å². The Hall–Kier alpha value is -2.38. The highest BCUT2D eigenvalue weighted by Gasteiger charge is 2.27. The van der Waals surface area contributed by atoms with Gasteiger partial charge in [-0.1, -0.05) is 31.0 Å². The summed E-state index contributed by atoms with van der Waals surface area (Å²) in [5.74, 6) is 1.27. The van der Waals surface area contributed by atoms with E-state index in [-0.39, 0.29) is 10.8 Å². The van der Waals surface area contributed by atoms with Crippen LogP contribution in [0.4, 0.5) is 0 Å². The monoisotopic (exact) mass is 456 g/mol.